The van der Waals surface area contributed by atoms with E-state index < -0.39 is 0 Å². The number of carbonyl (C=O) groups is 1. The van der Waals surface area contributed by atoms with Gasteiger partial charge in [-0.1, -0.05) is 48.5 Å². The summed E-state index contributed by atoms with van der Waals surface area (Å²) in [7, 11) is 0. The molecule has 0 saturated carbocycles. The Labute approximate surface area is 142 Å². The van der Waals surface area contributed by atoms with E-state index in [9.17, 15) is 4.79 Å². The van der Waals surface area contributed by atoms with Crippen LogP contribution in [0.1, 0.15) is 17.2 Å². The third kappa shape index (κ3) is 4.03. The molecular formula is C20H21NO3. The number of hydrogen-bond donors (Lipinski definition) is 0. The highest BCUT2D eigenvalue weighted by Gasteiger charge is 2.26. The van der Waals surface area contributed by atoms with Gasteiger partial charge in [0.2, 0.25) is 5.91 Å². The summed E-state index contributed by atoms with van der Waals surface area (Å²) in [5, 5.41) is 0. The van der Waals surface area contributed by atoms with Crippen molar-refractivity contribution in [2.45, 2.75) is 12.7 Å². The molecule has 2 aromatic carbocycles. The first-order chi connectivity index (χ1) is 11.8. The molecule has 1 aliphatic heterocycles. The molecule has 24 heavy (non-hydrogen) atoms. The van der Waals surface area contributed by atoms with Crippen LogP contribution in [0.4, 0.5) is 0 Å². The van der Waals surface area contributed by atoms with Gasteiger partial charge < -0.3 is 14.4 Å². The molecule has 0 N–H and O–H groups in total. The summed E-state index contributed by atoms with van der Waals surface area (Å²) in [6.45, 7) is 5.46. The summed E-state index contributed by atoms with van der Waals surface area (Å²) >= 11 is 0. The van der Waals surface area contributed by atoms with Gasteiger partial charge in [0.1, 0.15) is 25.1 Å². The second-order valence-electron chi connectivity index (χ2n) is 5.73. The van der Waals surface area contributed by atoms with Crippen molar-refractivity contribution in [3.05, 3.63) is 78.4 Å². The van der Waals surface area contributed by atoms with Gasteiger partial charge in [-0.3, -0.25) is 4.79 Å². The van der Waals surface area contributed by atoms with E-state index in [-0.39, 0.29) is 18.6 Å². The van der Waals surface area contributed by atoms with Gasteiger partial charge >= 0.3 is 0 Å². The Bertz CT molecular complexity index is 682. The van der Waals surface area contributed by atoms with Crippen molar-refractivity contribution in [1.29, 1.82) is 0 Å². The zero-order chi connectivity index (χ0) is 16.8. The van der Waals surface area contributed by atoms with E-state index in [0.29, 0.717) is 19.7 Å². The van der Waals surface area contributed by atoms with Gasteiger partial charge in [-0.05, 0) is 23.3 Å². The maximum absolute atomic E-state index is 11.8. The standard InChI is InChI=1S/C20H21NO3/c1-2-12-21-13-19(24-15-20(21)22)17-8-10-18(11-9-17)23-14-16-6-4-3-5-7-16/h2-11,19H,1,12-15H2/t19-/m0/s1. The molecule has 1 fully saturated rings. The molecule has 2 aromatic rings. The molecule has 124 valence electrons. The molecule has 1 aliphatic rings. The van der Waals surface area contributed by atoms with E-state index in [1.54, 1.807) is 11.0 Å². The molecular weight excluding hydrogens is 302 g/mol. The normalized spacial score (nSPS) is 17.6. The van der Waals surface area contributed by atoms with Crippen LogP contribution in [-0.4, -0.2) is 30.5 Å². The minimum Gasteiger partial charge on any atom is -0.489 e. The lowest BCUT2D eigenvalue weighted by Crippen LogP contribution is -2.43. The molecule has 1 saturated heterocycles. The van der Waals surface area contributed by atoms with Crippen LogP contribution in [0.5, 0.6) is 5.75 Å². The number of carbonyl (C=O) groups excluding carboxylic acids is 1. The van der Waals surface area contributed by atoms with Crippen molar-refractivity contribution in [2.24, 2.45) is 0 Å². The van der Waals surface area contributed by atoms with Crippen LogP contribution in [0, 0.1) is 0 Å². The average molecular weight is 323 g/mol. The van der Waals surface area contributed by atoms with Gasteiger partial charge in [0.15, 0.2) is 0 Å². The Kier molecular flexibility index (Phi) is 5.29. The van der Waals surface area contributed by atoms with Crippen molar-refractivity contribution in [2.75, 3.05) is 19.7 Å². The molecule has 0 aliphatic carbocycles. The monoisotopic (exact) mass is 323 g/mol. The van der Waals surface area contributed by atoms with Crippen molar-refractivity contribution >= 4 is 5.91 Å². The highest BCUT2D eigenvalue weighted by Crippen LogP contribution is 2.25. The summed E-state index contributed by atoms with van der Waals surface area (Å²) in [5.41, 5.74) is 2.18. The topological polar surface area (TPSA) is 38.8 Å². The number of ether oxygens (including phenoxy) is 2. The second kappa shape index (κ2) is 7.79. The molecule has 0 unspecified atom stereocenters. The van der Waals surface area contributed by atoms with Gasteiger partial charge in [-0.2, -0.15) is 0 Å². The lowest BCUT2D eigenvalue weighted by atomic mass is 10.1. The SMILES string of the molecule is C=CCN1C[C@@H](c2ccc(OCc3ccccc3)cc2)OCC1=O. The Morgan fingerprint density at radius 1 is 1.17 bits per heavy atom. The van der Waals surface area contributed by atoms with E-state index in [1.807, 2.05) is 54.6 Å². The van der Waals surface area contributed by atoms with E-state index in [0.717, 1.165) is 16.9 Å². The van der Waals surface area contributed by atoms with Gasteiger partial charge in [0, 0.05) is 6.54 Å². The smallest absolute Gasteiger partial charge is 0.248 e. The van der Waals surface area contributed by atoms with Crippen LogP contribution in [0.15, 0.2) is 67.3 Å². The summed E-state index contributed by atoms with van der Waals surface area (Å²) < 4.78 is 11.4. The Morgan fingerprint density at radius 2 is 1.92 bits per heavy atom. The van der Waals surface area contributed by atoms with E-state index in [4.69, 9.17) is 9.47 Å². The predicted molar refractivity (Wildman–Crippen MR) is 92.7 cm³/mol. The fourth-order valence-electron chi connectivity index (χ4n) is 2.67. The summed E-state index contributed by atoms with van der Waals surface area (Å²) in [5.74, 6) is 0.825. The zero-order valence-corrected chi connectivity index (χ0v) is 13.6. The molecule has 4 nitrogen and oxygen atoms in total. The summed E-state index contributed by atoms with van der Waals surface area (Å²) in [6, 6.07) is 17.9. The highest BCUT2D eigenvalue weighted by molar-refractivity contribution is 5.78. The van der Waals surface area contributed by atoms with Crippen LogP contribution in [0.3, 0.4) is 0 Å². The Hall–Kier alpha value is -2.59. The number of amides is 1. The summed E-state index contributed by atoms with van der Waals surface area (Å²) in [4.78, 5) is 13.5. The Morgan fingerprint density at radius 3 is 2.62 bits per heavy atom. The first-order valence-electron chi connectivity index (χ1n) is 8.03. The molecule has 0 radical (unpaired) electrons. The number of nitrogens with zero attached hydrogens (tertiary/aromatic N) is 1. The minimum absolute atomic E-state index is 0.00830. The quantitative estimate of drug-likeness (QED) is 0.765. The fourth-order valence-corrected chi connectivity index (χ4v) is 2.67. The fraction of sp³-hybridized carbons (Fsp3) is 0.250. The number of morpholine rings is 1. The van der Waals surface area contributed by atoms with Gasteiger partial charge in [-0.25, -0.2) is 0 Å². The number of benzene rings is 2. The largest absolute Gasteiger partial charge is 0.489 e. The minimum atomic E-state index is -0.106. The van der Waals surface area contributed by atoms with E-state index >= 15 is 0 Å². The van der Waals surface area contributed by atoms with Crippen molar-refractivity contribution in [1.82, 2.24) is 4.90 Å². The lowest BCUT2D eigenvalue weighted by Gasteiger charge is -2.32. The van der Waals surface area contributed by atoms with Gasteiger partial charge in [0.25, 0.3) is 0 Å². The van der Waals surface area contributed by atoms with E-state index in [2.05, 4.69) is 6.58 Å². The molecule has 0 spiro atoms. The van der Waals surface area contributed by atoms with Crippen LogP contribution < -0.4 is 4.74 Å². The molecule has 3 rings (SSSR count). The molecule has 0 bridgehead atoms. The Balaban J connectivity index is 1.59. The number of rotatable bonds is 6. The zero-order valence-electron chi connectivity index (χ0n) is 13.6. The maximum Gasteiger partial charge on any atom is 0.248 e. The van der Waals surface area contributed by atoms with Crippen LogP contribution in [0.2, 0.25) is 0 Å². The van der Waals surface area contributed by atoms with Crippen LogP contribution in [-0.2, 0) is 16.1 Å². The van der Waals surface area contributed by atoms with Gasteiger partial charge in [0.05, 0.1) is 6.54 Å². The third-order valence-electron chi connectivity index (χ3n) is 4.00. The van der Waals surface area contributed by atoms with Crippen LogP contribution >= 0.6 is 0 Å². The van der Waals surface area contributed by atoms with E-state index in [1.165, 1.54) is 0 Å². The molecule has 1 heterocycles. The highest BCUT2D eigenvalue weighted by atomic mass is 16.5. The van der Waals surface area contributed by atoms with Crippen molar-refractivity contribution < 1.29 is 14.3 Å². The first-order valence-corrected chi connectivity index (χ1v) is 8.03. The average Bonchev–Trinajstić information content (AvgIpc) is 2.63. The first kappa shape index (κ1) is 16.3. The molecule has 0 aromatic heterocycles. The predicted octanol–water partition coefficient (Wildman–Crippen LogP) is 3.35. The lowest BCUT2D eigenvalue weighted by molar-refractivity contribution is -0.148. The molecule has 1 atom stereocenters. The van der Waals surface area contributed by atoms with Crippen LogP contribution in [0.25, 0.3) is 0 Å². The molecule has 4 heteroatoms. The summed E-state index contributed by atoms with van der Waals surface area (Å²) in [6.07, 6.45) is 1.63. The molecule has 1 amide bonds. The third-order valence-corrected chi connectivity index (χ3v) is 4.00. The maximum atomic E-state index is 11.8. The second-order valence-corrected chi connectivity index (χ2v) is 5.73. The van der Waals surface area contributed by atoms with Crippen molar-refractivity contribution in [3.63, 3.8) is 0 Å². The van der Waals surface area contributed by atoms with Gasteiger partial charge in [-0.15, -0.1) is 6.58 Å². The van der Waals surface area contributed by atoms with Crippen molar-refractivity contribution in [3.8, 4) is 5.75 Å². The number of hydrogen-bond acceptors (Lipinski definition) is 3.